The monoisotopic (exact) mass is 383 g/mol. The second-order valence-electron chi connectivity index (χ2n) is 5.12. The van der Waals surface area contributed by atoms with Gasteiger partial charge in [0.25, 0.3) is 15.0 Å². The molecule has 6 nitrogen and oxygen atoms in total. The van der Waals surface area contributed by atoms with Crippen LogP contribution in [-0.4, -0.2) is 35.1 Å². The lowest BCUT2D eigenvalue weighted by Crippen LogP contribution is -2.25. The molecule has 0 radical (unpaired) electrons. The van der Waals surface area contributed by atoms with Crippen molar-refractivity contribution in [3.05, 3.63) is 53.6 Å². The van der Waals surface area contributed by atoms with E-state index in [-0.39, 0.29) is 29.5 Å². The third kappa shape index (κ3) is 4.87. The SMILES string of the molecule is COc1cc(CCNC(=O)c2ccccc2)c(S(=O)(=O)Cl)cc1OC. The van der Waals surface area contributed by atoms with E-state index in [1.165, 1.54) is 20.3 Å². The highest BCUT2D eigenvalue weighted by Crippen LogP contribution is 2.34. The van der Waals surface area contributed by atoms with Crippen molar-refractivity contribution in [3.63, 3.8) is 0 Å². The van der Waals surface area contributed by atoms with E-state index in [0.29, 0.717) is 16.9 Å². The molecule has 0 heterocycles. The largest absolute Gasteiger partial charge is 0.493 e. The summed E-state index contributed by atoms with van der Waals surface area (Å²) in [4.78, 5) is 12.0. The number of hydrogen-bond donors (Lipinski definition) is 1. The Kier molecular flexibility index (Phi) is 6.27. The van der Waals surface area contributed by atoms with Crippen LogP contribution in [0.1, 0.15) is 15.9 Å². The Labute approximate surface area is 151 Å². The number of hydrogen-bond acceptors (Lipinski definition) is 5. The van der Waals surface area contributed by atoms with Gasteiger partial charge in [-0.2, -0.15) is 0 Å². The van der Waals surface area contributed by atoms with Crippen LogP contribution in [0.15, 0.2) is 47.4 Å². The van der Waals surface area contributed by atoms with Crippen molar-refractivity contribution in [3.8, 4) is 11.5 Å². The minimum absolute atomic E-state index is 0.0687. The summed E-state index contributed by atoms with van der Waals surface area (Å²) in [6.45, 7) is 0.239. The van der Waals surface area contributed by atoms with E-state index in [1.54, 1.807) is 30.3 Å². The van der Waals surface area contributed by atoms with E-state index in [2.05, 4.69) is 5.32 Å². The molecule has 2 aromatic carbocycles. The highest BCUT2D eigenvalue weighted by molar-refractivity contribution is 8.13. The Hall–Kier alpha value is -2.25. The third-order valence-corrected chi connectivity index (χ3v) is 4.95. The topological polar surface area (TPSA) is 81.7 Å². The number of benzene rings is 2. The van der Waals surface area contributed by atoms with E-state index < -0.39 is 9.05 Å². The summed E-state index contributed by atoms with van der Waals surface area (Å²) in [7, 11) is 4.40. The number of methoxy groups -OCH3 is 2. The molecule has 0 aliphatic heterocycles. The Morgan fingerprint density at radius 2 is 1.68 bits per heavy atom. The van der Waals surface area contributed by atoms with E-state index in [4.69, 9.17) is 20.2 Å². The van der Waals surface area contributed by atoms with Gasteiger partial charge < -0.3 is 14.8 Å². The molecule has 1 amide bonds. The zero-order valence-electron chi connectivity index (χ0n) is 13.8. The maximum absolute atomic E-state index is 12.0. The second kappa shape index (κ2) is 8.22. The molecule has 0 atom stereocenters. The van der Waals surface area contributed by atoms with Gasteiger partial charge in [0.05, 0.1) is 19.1 Å². The van der Waals surface area contributed by atoms with Gasteiger partial charge in [0.15, 0.2) is 11.5 Å². The Morgan fingerprint density at radius 1 is 1.08 bits per heavy atom. The maximum Gasteiger partial charge on any atom is 0.261 e. The molecule has 2 rings (SSSR count). The van der Waals surface area contributed by atoms with Crippen LogP contribution in [-0.2, 0) is 15.5 Å². The Morgan fingerprint density at radius 3 is 2.24 bits per heavy atom. The molecule has 0 bridgehead atoms. The van der Waals surface area contributed by atoms with Gasteiger partial charge in [-0.15, -0.1) is 0 Å². The summed E-state index contributed by atoms with van der Waals surface area (Å²) in [5.74, 6) is 0.408. The molecule has 25 heavy (non-hydrogen) atoms. The van der Waals surface area contributed by atoms with Crippen LogP contribution in [0.2, 0.25) is 0 Å². The predicted molar refractivity (Wildman–Crippen MR) is 95.1 cm³/mol. The van der Waals surface area contributed by atoms with Crippen molar-refractivity contribution in [2.75, 3.05) is 20.8 Å². The lowest BCUT2D eigenvalue weighted by Gasteiger charge is -2.13. The first-order chi connectivity index (χ1) is 11.9. The lowest BCUT2D eigenvalue weighted by molar-refractivity contribution is 0.0954. The zero-order chi connectivity index (χ0) is 18.4. The molecule has 0 aliphatic carbocycles. The van der Waals surface area contributed by atoms with Crippen LogP contribution in [0.5, 0.6) is 11.5 Å². The fourth-order valence-electron chi connectivity index (χ4n) is 2.33. The summed E-state index contributed by atoms with van der Waals surface area (Å²) < 4.78 is 33.9. The first-order valence-corrected chi connectivity index (χ1v) is 9.70. The van der Waals surface area contributed by atoms with Crippen LogP contribution < -0.4 is 14.8 Å². The lowest BCUT2D eigenvalue weighted by atomic mass is 10.1. The molecule has 134 valence electrons. The first kappa shape index (κ1) is 19.1. The van der Waals surface area contributed by atoms with Gasteiger partial charge in [-0.25, -0.2) is 8.42 Å². The molecule has 0 saturated carbocycles. The molecule has 1 N–H and O–H groups in total. The van der Waals surface area contributed by atoms with Crippen LogP contribution in [0.25, 0.3) is 0 Å². The third-order valence-electron chi connectivity index (χ3n) is 3.55. The quantitative estimate of drug-likeness (QED) is 0.743. The smallest absolute Gasteiger partial charge is 0.261 e. The standard InChI is InChI=1S/C17H18ClNO5S/c1-23-14-10-13(16(25(18,21)22)11-15(14)24-2)8-9-19-17(20)12-6-4-3-5-7-12/h3-7,10-11H,8-9H2,1-2H3,(H,19,20). The predicted octanol–water partition coefficient (Wildman–Crippen LogP) is 2.60. The summed E-state index contributed by atoms with van der Waals surface area (Å²) in [5, 5.41) is 2.74. The van der Waals surface area contributed by atoms with Crippen molar-refractivity contribution >= 4 is 25.6 Å². The molecule has 0 saturated heterocycles. The van der Waals surface area contributed by atoms with Crippen molar-refractivity contribution in [2.45, 2.75) is 11.3 Å². The number of nitrogens with one attached hydrogen (secondary N) is 1. The molecule has 0 spiro atoms. The number of carbonyl (C=O) groups is 1. The highest BCUT2D eigenvalue weighted by atomic mass is 35.7. The molecule has 0 aliphatic rings. The number of rotatable bonds is 7. The van der Waals surface area contributed by atoms with Crippen molar-refractivity contribution in [1.82, 2.24) is 5.32 Å². The average molecular weight is 384 g/mol. The summed E-state index contributed by atoms with van der Waals surface area (Å²) >= 11 is 0. The fraction of sp³-hybridized carbons (Fsp3) is 0.235. The van der Waals surface area contributed by atoms with Crippen molar-refractivity contribution in [1.29, 1.82) is 0 Å². The summed E-state index contributed by atoms with van der Waals surface area (Å²) in [5.41, 5.74) is 0.959. The normalized spacial score (nSPS) is 11.0. The second-order valence-corrected chi connectivity index (χ2v) is 7.66. The number of amides is 1. The highest BCUT2D eigenvalue weighted by Gasteiger charge is 2.20. The van der Waals surface area contributed by atoms with E-state index in [1.807, 2.05) is 6.07 Å². The molecule has 0 unspecified atom stereocenters. The van der Waals surface area contributed by atoms with Gasteiger partial charge >= 0.3 is 0 Å². The van der Waals surface area contributed by atoms with Crippen LogP contribution in [0.4, 0.5) is 0 Å². The summed E-state index contributed by atoms with van der Waals surface area (Å²) in [6, 6.07) is 11.6. The average Bonchev–Trinajstić information content (AvgIpc) is 2.60. The van der Waals surface area contributed by atoms with Gasteiger partial charge in [0.1, 0.15) is 0 Å². The van der Waals surface area contributed by atoms with Crippen molar-refractivity contribution in [2.24, 2.45) is 0 Å². The van der Waals surface area contributed by atoms with Gasteiger partial charge in [-0.1, -0.05) is 18.2 Å². The minimum atomic E-state index is -3.97. The van der Waals surface area contributed by atoms with Gasteiger partial charge in [0.2, 0.25) is 0 Å². The minimum Gasteiger partial charge on any atom is -0.493 e. The van der Waals surface area contributed by atoms with E-state index in [0.717, 1.165) is 0 Å². The van der Waals surface area contributed by atoms with Gasteiger partial charge in [-0.3, -0.25) is 4.79 Å². The fourth-order valence-corrected chi connectivity index (χ4v) is 3.48. The summed E-state index contributed by atoms with van der Waals surface area (Å²) in [6.07, 6.45) is 0.264. The van der Waals surface area contributed by atoms with E-state index in [9.17, 15) is 13.2 Å². The van der Waals surface area contributed by atoms with Crippen LogP contribution >= 0.6 is 10.7 Å². The number of halogens is 1. The Balaban J connectivity index is 2.19. The van der Waals surface area contributed by atoms with Crippen LogP contribution in [0.3, 0.4) is 0 Å². The maximum atomic E-state index is 12.0. The molecular formula is C17H18ClNO5S. The molecule has 0 fully saturated rings. The molecule has 8 heteroatoms. The first-order valence-electron chi connectivity index (χ1n) is 7.39. The van der Waals surface area contributed by atoms with Gasteiger partial charge in [-0.05, 0) is 30.2 Å². The van der Waals surface area contributed by atoms with E-state index >= 15 is 0 Å². The van der Waals surface area contributed by atoms with Crippen molar-refractivity contribution < 1.29 is 22.7 Å². The number of ether oxygens (including phenoxy) is 2. The number of carbonyl (C=O) groups excluding carboxylic acids is 1. The van der Waals surface area contributed by atoms with Crippen LogP contribution in [0, 0.1) is 0 Å². The Bertz CT molecular complexity index is 853. The molecule has 0 aromatic heterocycles. The zero-order valence-corrected chi connectivity index (χ0v) is 15.4. The van der Waals surface area contributed by atoms with Gasteiger partial charge in [0, 0.05) is 28.9 Å². The molecular weight excluding hydrogens is 366 g/mol. The molecule has 2 aromatic rings.